The van der Waals surface area contributed by atoms with Crippen LogP contribution < -0.4 is 0 Å². The van der Waals surface area contributed by atoms with E-state index in [-0.39, 0.29) is 0 Å². The highest BCUT2D eigenvalue weighted by molar-refractivity contribution is 9.09. The second-order valence-electron chi connectivity index (χ2n) is 3.54. The molecule has 0 aromatic heterocycles. The molecule has 0 N–H and O–H groups in total. The van der Waals surface area contributed by atoms with Crippen molar-refractivity contribution in [2.75, 3.05) is 5.33 Å². The minimum absolute atomic E-state index is 0.619. The molecule has 0 aliphatic carbocycles. The fourth-order valence-electron chi connectivity index (χ4n) is 1.11. The molecule has 0 rings (SSSR count). The molecule has 1 heteroatoms. The highest BCUT2D eigenvalue weighted by Gasteiger charge is 1.79. The maximum absolute atomic E-state index is 3.23. The molecular weight excluding hydrogens is 284 g/mol. The third kappa shape index (κ3) is 14.7. The van der Waals surface area contributed by atoms with Gasteiger partial charge in [0.1, 0.15) is 0 Å². The zero-order valence-electron chi connectivity index (χ0n) is 11.0. The largest absolute Gasteiger partial charge is 0.102 e. The molecule has 0 aliphatic heterocycles. The minimum Gasteiger partial charge on any atom is -0.102 e. The van der Waals surface area contributed by atoms with E-state index >= 15 is 0 Å². The molecular formula is C17H19Br. The first-order valence-electron chi connectivity index (χ1n) is 6.30. The molecule has 0 nitrogen and oxygen atoms in total. The van der Waals surface area contributed by atoms with Gasteiger partial charge in [0.25, 0.3) is 0 Å². The topological polar surface area (TPSA) is 0 Å². The van der Waals surface area contributed by atoms with Crippen LogP contribution in [0.15, 0.2) is 0 Å². The molecule has 0 unspecified atom stereocenters. The van der Waals surface area contributed by atoms with Gasteiger partial charge < -0.3 is 0 Å². The smallest absolute Gasteiger partial charge is 0.0703 e. The van der Waals surface area contributed by atoms with Crippen LogP contribution in [0.25, 0.3) is 0 Å². The fraction of sp³-hybridized carbons (Fsp3) is 0.529. The lowest BCUT2D eigenvalue weighted by Crippen LogP contribution is -1.71. The quantitative estimate of drug-likeness (QED) is 0.417. The number of halogens is 1. The number of unbranched alkanes of at least 4 members (excludes halogenated alkanes) is 3. The Morgan fingerprint density at radius 3 is 1.67 bits per heavy atom. The van der Waals surface area contributed by atoms with Crippen molar-refractivity contribution in [2.45, 2.75) is 51.9 Å². The maximum atomic E-state index is 3.23. The van der Waals surface area contributed by atoms with E-state index in [4.69, 9.17) is 0 Å². The summed E-state index contributed by atoms with van der Waals surface area (Å²) in [6, 6.07) is 0. The van der Waals surface area contributed by atoms with Crippen LogP contribution in [-0.2, 0) is 0 Å². The predicted molar refractivity (Wildman–Crippen MR) is 82.9 cm³/mol. The third-order valence-corrected chi connectivity index (χ3v) is 2.28. The van der Waals surface area contributed by atoms with Gasteiger partial charge in [0, 0.05) is 6.42 Å². The van der Waals surface area contributed by atoms with Crippen molar-refractivity contribution in [1.29, 1.82) is 0 Å². The molecule has 0 radical (unpaired) electrons. The molecule has 0 aliphatic rings. The van der Waals surface area contributed by atoms with E-state index in [2.05, 4.69) is 70.2 Å². The van der Waals surface area contributed by atoms with E-state index in [0.29, 0.717) is 24.6 Å². The van der Waals surface area contributed by atoms with Crippen LogP contribution >= 0.6 is 15.9 Å². The molecule has 0 aromatic carbocycles. The average Bonchev–Trinajstić information content (AvgIpc) is 2.39. The van der Waals surface area contributed by atoms with Crippen molar-refractivity contribution in [3.05, 3.63) is 0 Å². The number of alkyl halides is 1. The van der Waals surface area contributed by atoms with Crippen LogP contribution in [0.1, 0.15) is 51.9 Å². The van der Waals surface area contributed by atoms with Gasteiger partial charge in [-0.25, -0.2) is 0 Å². The Bertz CT molecular complexity index is 429. The Morgan fingerprint density at radius 1 is 0.667 bits per heavy atom. The van der Waals surface area contributed by atoms with Crippen molar-refractivity contribution in [1.82, 2.24) is 0 Å². The minimum atomic E-state index is 0.619. The van der Waals surface area contributed by atoms with E-state index in [1.165, 1.54) is 19.3 Å². The van der Waals surface area contributed by atoms with Gasteiger partial charge in [0.2, 0.25) is 0 Å². The van der Waals surface area contributed by atoms with Gasteiger partial charge in [-0.15, -0.1) is 5.92 Å². The van der Waals surface area contributed by atoms with Crippen molar-refractivity contribution in [3.63, 3.8) is 0 Å². The summed E-state index contributed by atoms with van der Waals surface area (Å²) >= 11 is 3.23. The molecule has 0 spiro atoms. The van der Waals surface area contributed by atoms with Crippen LogP contribution in [-0.4, -0.2) is 5.33 Å². The molecule has 94 valence electrons. The summed E-state index contributed by atoms with van der Waals surface area (Å²) in [5.41, 5.74) is 0. The van der Waals surface area contributed by atoms with Gasteiger partial charge in [-0.3, -0.25) is 0 Å². The van der Waals surface area contributed by atoms with E-state index in [1.54, 1.807) is 0 Å². The van der Waals surface area contributed by atoms with Crippen LogP contribution in [0.2, 0.25) is 0 Å². The summed E-state index contributed by atoms with van der Waals surface area (Å²) in [7, 11) is 0. The Balaban J connectivity index is 3.54. The summed E-state index contributed by atoms with van der Waals surface area (Å²) in [6.07, 6.45) is 6.64. The van der Waals surface area contributed by atoms with Gasteiger partial charge in [0.05, 0.1) is 24.6 Å². The van der Waals surface area contributed by atoms with Crippen molar-refractivity contribution in [2.24, 2.45) is 0 Å². The van der Waals surface area contributed by atoms with Crippen molar-refractivity contribution in [3.8, 4) is 47.4 Å². The molecule has 0 atom stereocenters. The number of rotatable bonds is 3. The average molecular weight is 303 g/mol. The molecule has 0 bridgehead atoms. The molecule has 0 saturated heterocycles. The summed E-state index contributed by atoms with van der Waals surface area (Å²) in [6.45, 7) is 2.20. The van der Waals surface area contributed by atoms with Crippen LogP contribution in [0.5, 0.6) is 0 Å². The Morgan fingerprint density at radius 2 is 1.17 bits per heavy atom. The van der Waals surface area contributed by atoms with E-state index in [0.717, 1.165) is 6.42 Å². The van der Waals surface area contributed by atoms with Gasteiger partial charge in [-0.2, -0.15) is 0 Å². The predicted octanol–water partition coefficient (Wildman–Crippen LogP) is 4.15. The third-order valence-electron chi connectivity index (χ3n) is 2.00. The van der Waals surface area contributed by atoms with Gasteiger partial charge >= 0.3 is 0 Å². The molecule has 0 saturated carbocycles. The fourth-order valence-corrected chi connectivity index (χ4v) is 1.30. The SMILES string of the molecule is CCCCCC#CCC#CCC#CCC#CCBr. The second-order valence-corrected chi connectivity index (χ2v) is 4.10. The van der Waals surface area contributed by atoms with Crippen LogP contribution in [0.3, 0.4) is 0 Å². The highest BCUT2D eigenvalue weighted by Crippen LogP contribution is 1.96. The molecule has 0 fully saturated rings. The van der Waals surface area contributed by atoms with E-state index in [1.807, 2.05) is 0 Å². The summed E-state index contributed by atoms with van der Waals surface area (Å²) in [4.78, 5) is 0. The zero-order valence-corrected chi connectivity index (χ0v) is 12.6. The van der Waals surface area contributed by atoms with E-state index < -0.39 is 0 Å². The van der Waals surface area contributed by atoms with Crippen molar-refractivity contribution < 1.29 is 0 Å². The molecule has 0 aromatic rings. The molecule has 0 amide bonds. The highest BCUT2D eigenvalue weighted by atomic mass is 79.9. The first-order valence-corrected chi connectivity index (χ1v) is 7.42. The summed E-state index contributed by atoms with van der Waals surface area (Å²) in [5.74, 6) is 24.0. The van der Waals surface area contributed by atoms with Crippen LogP contribution in [0.4, 0.5) is 0 Å². The normalized spacial score (nSPS) is 7.44. The zero-order chi connectivity index (χ0) is 13.3. The van der Waals surface area contributed by atoms with Gasteiger partial charge in [-0.1, -0.05) is 77.1 Å². The number of hydrogen-bond donors (Lipinski definition) is 0. The first-order chi connectivity index (χ1) is 8.91. The standard InChI is InChI=1S/C17H19Br/c1-2-3-4-5-6-7-8-9-10-11-12-13-14-15-16-17-18/h2-5,8,11,14,17H2,1H3. The summed E-state index contributed by atoms with van der Waals surface area (Å²) < 4.78 is 0. The molecule has 18 heavy (non-hydrogen) atoms. The lowest BCUT2D eigenvalue weighted by molar-refractivity contribution is 0.737. The van der Waals surface area contributed by atoms with Gasteiger partial charge in [0.15, 0.2) is 0 Å². The second kappa shape index (κ2) is 15.7. The van der Waals surface area contributed by atoms with Crippen LogP contribution in [0, 0.1) is 47.4 Å². The summed E-state index contributed by atoms with van der Waals surface area (Å²) in [5, 5.41) is 0.714. The van der Waals surface area contributed by atoms with E-state index in [9.17, 15) is 0 Å². The van der Waals surface area contributed by atoms with Crippen molar-refractivity contribution >= 4 is 15.9 Å². The van der Waals surface area contributed by atoms with Gasteiger partial charge in [-0.05, 0) is 6.42 Å². The lowest BCUT2D eigenvalue weighted by Gasteiger charge is -1.87. The molecule has 0 heterocycles. The monoisotopic (exact) mass is 302 g/mol. The Kier molecular flexibility index (Phi) is 14.6. The number of hydrogen-bond acceptors (Lipinski definition) is 0. The maximum Gasteiger partial charge on any atom is 0.0703 e. The lowest BCUT2D eigenvalue weighted by atomic mass is 10.2. The Hall–Kier alpha value is -1.28. The Labute approximate surface area is 120 Å². The first kappa shape index (κ1) is 16.7.